The van der Waals surface area contributed by atoms with E-state index in [2.05, 4.69) is 36.5 Å². The monoisotopic (exact) mass is 247 g/mol. The molecule has 0 radical (unpaired) electrons. The molecule has 1 unspecified atom stereocenters. The lowest BCUT2D eigenvalue weighted by Crippen LogP contribution is -2.28. The lowest BCUT2D eigenvalue weighted by atomic mass is 9.84. The van der Waals surface area contributed by atoms with Crippen LogP contribution in [0.5, 0.6) is 0 Å². The van der Waals surface area contributed by atoms with Crippen LogP contribution in [0.3, 0.4) is 0 Å². The van der Waals surface area contributed by atoms with Crippen LogP contribution in [0.1, 0.15) is 44.6 Å². The first-order chi connectivity index (χ1) is 8.81. The second kappa shape index (κ2) is 6.79. The van der Waals surface area contributed by atoms with Gasteiger partial charge in [0, 0.05) is 24.4 Å². The summed E-state index contributed by atoms with van der Waals surface area (Å²) in [4.78, 5) is 0. The summed E-state index contributed by atoms with van der Waals surface area (Å²) >= 11 is 0. The Morgan fingerprint density at radius 2 is 1.94 bits per heavy atom. The van der Waals surface area contributed by atoms with Gasteiger partial charge < -0.3 is 10.1 Å². The second-order valence-corrected chi connectivity index (χ2v) is 5.42. The SMILES string of the molecule is COCc1ccccc1NC(C)C1CCCCC1. The highest BCUT2D eigenvalue weighted by Gasteiger charge is 2.20. The number of hydrogen-bond acceptors (Lipinski definition) is 2. The first-order valence-corrected chi connectivity index (χ1v) is 7.14. The van der Waals surface area contributed by atoms with E-state index >= 15 is 0 Å². The molecule has 1 N–H and O–H groups in total. The van der Waals surface area contributed by atoms with E-state index in [9.17, 15) is 0 Å². The van der Waals surface area contributed by atoms with Gasteiger partial charge in [0.05, 0.1) is 6.61 Å². The maximum atomic E-state index is 5.26. The summed E-state index contributed by atoms with van der Waals surface area (Å²) in [5.74, 6) is 0.828. The van der Waals surface area contributed by atoms with Crippen LogP contribution in [0.4, 0.5) is 5.69 Å². The molecule has 1 aliphatic rings. The Balaban J connectivity index is 1.99. The van der Waals surface area contributed by atoms with E-state index in [0.29, 0.717) is 12.6 Å². The number of para-hydroxylation sites is 1. The van der Waals surface area contributed by atoms with Crippen molar-refractivity contribution in [3.63, 3.8) is 0 Å². The minimum absolute atomic E-state index is 0.559. The zero-order valence-electron chi connectivity index (χ0n) is 11.6. The number of methoxy groups -OCH3 is 1. The third-order valence-electron chi connectivity index (χ3n) is 4.06. The Kier molecular flexibility index (Phi) is 5.06. The topological polar surface area (TPSA) is 21.3 Å². The quantitative estimate of drug-likeness (QED) is 0.841. The predicted molar refractivity (Wildman–Crippen MR) is 76.8 cm³/mol. The highest BCUT2D eigenvalue weighted by molar-refractivity contribution is 5.51. The number of hydrogen-bond donors (Lipinski definition) is 1. The summed E-state index contributed by atoms with van der Waals surface area (Å²) < 4.78 is 5.26. The van der Waals surface area contributed by atoms with Gasteiger partial charge in [-0.2, -0.15) is 0 Å². The Bertz CT molecular complexity index is 358. The van der Waals surface area contributed by atoms with E-state index in [0.717, 1.165) is 5.92 Å². The van der Waals surface area contributed by atoms with Gasteiger partial charge in [0.15, 0.2) is 0 Å². The van der Waals surface area contributed by atoms with E-state index in [-0.39, 0.29) is 0 Å². The molecule has 0 aliphatic heterocycles. The summed E-state index contributed by atoms with van der Waals surface area (Å²) in [5.41, 5.74) is 2.49. The summed E-state index contributed by atoms with van der Waals surface area (Å²) in [6.07, 6.45) is 6.97. The molecule has 2 heteroatoms. The smallest absolute Gasteiger partial charge is 0.0733 e. The maximum Gasteiger partial charge on any atom is 0.0733 e. The molecular weight excluding hydrogens is 222 g/mol. The van der Waals surface area contributed by atoms with Gasteiger partial charge in [0.2, 0.25) is 0 Å². The van der Waals surface area contributed by atoms with Gasteiger partial charge in [-0.1, -0.05) is 37.5 Å². The van der Waals surface area contributed by atoms with Crippen molar-refractivity contribution in [3.8, 4) is 0 Å². The summed E-state index contributed by atoms with van der Waals surface area (Å²) in [5, 5.41) is 3.68. The van der Waals surface area contributed by atoms with Crippen LogP contribution in [0.2, 0.25) is 0 Å². The van der Waals surface area contributed by atoms with Crippen molar-refractivity contribution in [2.75, 3.05) is 12.4 Å². The van der Waals surface area contributed by atoms with Crippen LogP contribution in [0.25, 0.3) is 0 Å². The van der Waals surface area contributed by atoms with E-state index in [1.54, 1.807) is 7.11 Å². The third kappa shape index (κ3) is 3.49. The fourth-order valence-electron chi connectivity index (χ4n) is 2.94. The summed E-state index contributed by atoms with van der Waals surface area (Å²) in [6.45, 7) is 3.00. The molecule has 0 aromatic heterocycles. The van der Waals surface area contributed by atoms with E-state index < -0.39 is 0 Å². The van der Waals surface area contributed by atoms with E-state index in [1.807, 2.05) is 0 Å². The normalized spacial score (nSPS) is 18.6. The summed E-state index contributed by atoms with van der Waals surface area (Å²) in [7, 11) is 1.75. The standard InChI is InChI=1S/C16H25NO/c1-13(14-8-4-3-5-9-14)17-16-11-7-6-10-15(16)12-18-2/h6-7,10-11,13-14,17H,3-5,8-9,12H2,1-2H3. The fourth-order valence-corrected chi connectivity index (χ4v) is 2.94. The highest BCUT2D eigenvalue weighted by Crippen LogP contribution is 2.28. The molecule has 18 heavy (non-hydrogen) atoms. The molecule has 0 bridgehead atoms. The molecule has 0 heterocycles. The molecule has 0 saturated heterocycles. The molecule has 100 valence electrons. The summed E-state index contributed by atoms with van der Waals surface area (Å²) in [6, 6.07) is 9.02. The average molecular weight is 247 g/mol. The molecule has 0 amide bonds. The van der Waals surface area contributed by atoms with Crippen LogP contribution in [0.15, 0.2) is 24.3 Å². The maximum absolute atomic E-state index is 5.26. The number of anilines is 1. The first kappa shape index (κ1) is 13.4. The number of rotatable bonds is 5. The van der Waals surface area contributed by atoms with E-state index in [4.69, 9.17) is 4.74 Å². The van der Waals surface area contributed by atoms with Gasteiger partial charge in [-0.3, -0.25) is 0 Å². The molecule has 1 fully saturated rings. The Labute approximate surface area is 111 Å². The Morgan fingerprint density at radius 3 is 2.67 bits per heavy atom. The number of ether oxygens (including phenoxy) is 1. The molecule has 1 aromatic carbocycles. The van der Waals surface area contributed by atoms with Gasteiger partial charge in [-0.25, -0.2) is 0 Å². The van der Waals surface area contributed by atoms with Crippen molar-refractivity contribution in [1.29, 1.82) is 0 Å². The van der Waals surface area contributed by atoms with Crippen molar-refractivity contribution in [1.82, 2.24) is 0 Å². The van der Waals surface area contributed by atoms with Crippen molar-refractivity contribution >= 4 is 5.69 Å². The molecule has 1 aliphatic carbocycles. The van der Waals surface area contributed by atoms with Crippen LogP contribution >= 0.6 is 0 Å². The second-order valence-electron chi connectivity index (χ2n) is 5.42. The molecule has 0 spiro atoms. The van der Waals surface area contributed by atoms with Crippen molar-refractivity contribution in [3.05, 3.63) is 29.8 Å². The predicted octanol–water partition coefficient (Wildman–Crippen LogP) is 4.21. The van der Waals surface area contributed by atoms with Crippen LogP contribution < -0.4 is 5.32 Å². The van der Waals surface area contributed by atoms with Crippen LogP contribution in [-0.2, 0) is 11.3 Å². The van der Waals surface area contributed by atoms with Gasteiger partial charge in [-0.05, 0) is 31.7 Å². The van der Waals surface area contributed by atoms with Crippen LogP contribution in [-0.4, -0.2) is 13.2 Å². The number of nitrogens with one attached hydrogen (secondary N) is 1. The fraction of sp³-hybridized carbons (Fsp3) is 0.625. The van der Waals surface area contributed by atoms with Crippen molar-refractivity contribution in [2.24, 2.45) is 5.92 Å². The molecule has 2 rings (SSSR count). The molecular formula is C16H25NO. The zero-order valence-corrected chi connectivity index (χ0v) is 11.6. The van der Waals surface area contributed by atoms with E-state index in [1.165, 1.54) is 43.4 Å². The zero-order chi connectivity index (χ0) is 12.8. The van der Waals surface area contributed by atoms with Crippen molar-refractivity contribution in [2.45, 2.75) is 51.7 Å². The Hall–Kier alpha value is -1.02. The van der Waals surface area contributed by atoms with Gasteiger partial charge in [-0.15, -0.1) is 0 Å². The van der Waals surface area contributed by atoms with Crippen molar-refractivity contribution < 1.29 is 4.74 Å². The first-order valence-electron chi connectivity index (χ1n) is 7.14. The van der Waals surface area contributed by atoms with Gasteiger partial charge in [0.25, 0.3) is 0 Å². The largest absolute Gasteiger partial charge is 0.382 e. The average Bonchev–Trinajstić information content (AvgIpc) is 2.42. The minimum Gasteiger partial charge on any atom is -0.382 e. The third-order valence-corrected chi connectivity index (χ3v) is 4.06. The van der Waals surface area contributed by atoms with Gasteiger partial charge in [0.1, 0.15) is 0 Å². The lowest BCUT2D eigenvalue weighted by Gasteiger charge is -2.29. The molecule has 1 aromatic rings. The van der Waals surface area contributed by atoms with Crippen LogP contribution in [0, 0.1) is 5.92 Å². The minimum atomic E-state index is 0.559. The Morgan fingerprint density at radius 1 is 1.22 bits per heavy atom. The molecule has 1 saturated carbocycles. The highest BCUT2D eigenvalue weighted by atomic mass is 16.5. The lowest BCUT2D eigenvalue weighted by molar-refractivity contribution is 0.185. The number of benzene rings is 1. The van der Waals surface area contributed by atoms with Gasteiger partial charge >= 0.3 is 0 Å². The molecule has 1 atom stereocenters. The molecule has 2 nitrogen and oxygen atoms in total.